The Bertz CT molecular complexity index is 560. The second kappa shape index (κ2) is 5.15. The van der Waals surface area contributed by atoms with Crippen LogP contribution in [0.3, 0.4) is 0 Å². The first-order valence-corrected chi connectivity index (χ1v) is 7.38. The summed E-state index contributed by atoms with van der Waals surface area (Å²) in [6.45, 7) is 0.626. The molecule has 2 aliphatic rings. The number of carbonyl (C=O) groups is 2. The van der Waals surface area contributed by atoms with Crippen molar-refractivity contribution in [1.29, 1.82) is 0 Å². The number of carboxylic acids is 1. The average molecular weight is 288 g/mol. The van der Waals surface area contributed by atoms with Crippen LogP contribution in [0.2, 0.25) is 0 Å². The Hall–Kier alpha value is -1.88. The highest BCUT2D eigenvalue weighted by Crippen LogP contribution is 2.42. The molecular formula is C16H20N2O3. The van der Waals surface area contributed by atoms with Gasteiger partial charge in [0.1, 0.15) is 0 Å². The van der Waals surface area contributed by atoms with Crippen molar-refractivity contribution in [3.63, 3.8) is 0 Å². The molecule has 0 aromatic heterocycles. The van der Waals surface area contributed by atoms with Gasteiger partial charge in [-0.2, -0.15) is 0 Å². The minimum Gasteiger partial charge on any atom is -0.480 e. The second-order valence-corrected chi connectivity index (χ2v) is 6.13. The number of hydrogen-bond donors (Lipinski definition) is 2. The molecule has 5 heteroatoms. The van der Waals surface area contributed by atoms with E-state index in [2.05, 4.69) is 0 Å². The van der Waals surface area contributed by atoms with Gasteiger partial charge in [0.15, 0.2) is 5.41 Å². The summed E-state index contributed by atoms with van der Waals surface area (Å²) in [7, 11) is 0. The molecule has 5 nitrogen and oxygen atoms in total. The van der Waals surface area contributed by atoms with Gasteiger partial charge in [-0.15, -0.1) is 0 Å². The normalized spacial score (nSPS) is 32.0. The van der Waals surface area contributed by atoms with Crippen molar-refractivity contribution in [3.8, 4) is 0 Å². The topological polar surface area (TPSA) is 83.6 Å². The van der Waals surface area contributed by atoms with Crippen molar-refractivity contribution in [1.82, 2.24) is 4.90 Å². The van der Waals surface area contributed by atoms with Crippen LogP contribution in [-0.2, 0) is 16.0 Å². The van der Waals surface area contributed by atoms with Gasteiger partial charge >= 0.3 is 5.97 Å². The third kappa shape index (κ3) is 2.21. The Morgan fingerprint density at radius 3 is 2.71 bits per heavy atom. The molecule has 2 fully saturated rings. The third-order valence-electron chi connectivity index (χ3n) is 4.82. The van der Waals surface area contributed by atoms with Crippen molar-refractivity contribution < 1.29 is 14.7 Å². The van der Waals surface area contributed by atoms with E-state index in [1.54, 1.807) is 4.90 Å². The lowest BCUT2D eigenvalue weighted by atomic mass is 9.78. The van der Waals surface area contributed by atoms with Crippen LogP contribution < -0.4 is 5.73 Å². The van der Waals surface area contributed by atoms with E-state index in [0.29, 0.717) is 13.0 Å². The smallest absolute Gasteiger partial charge is 0.319 e. The SMILES string of the molecule is N[C@@H]1CCCN2C(=O)[C@](Cc3ccccc3)(C(=O)O)C[C@@H]12. The Morgan fingerprint density at radius 1 is 1.38 bits per heavy atom. The maximum absolute atomic E-state index is 12.7. The van der Waals surface area contributed by atoms with Crippen molar-refractivity contribution >= 4 is 11.9 Å². The monoisotopic (exact) mass is 288 g/mol. The molecule has 2 saturated heterocycles. The maximum Gasteiger partial charge on any atom is 0.319 e. The quantitative estimate of drug-likeness (QED) is 0.813. The summed E-state index contributed by atoms with van der Waals surface area (Å²) in [6, 6.07) is 9.11. The van der Waals surface area contributed by atoms with Crippen molar-refractivity contribution in [3.05, 3.63) is 35.9 Å². The van der Waals surface area contributed by atoms with Crippen LogP contribution in [0.4, 0.5) is 0 Å². The van der Waals surface area contributed by atoms with Gasteiger partial charge in [-0.3, -0.25) is 9.59 Å². The molecule has 1 aromatic rings. The largest absolute Gasteiger partial charge is 0.480 e. The molecule has 0 radical (unpaired) electrons. The molecule has 3 atom stereocenters. The molecular weight excluding hydrogens is 268 g/mol. The summed E-state index contributed by atoms with van der Waals surface area (Å²) in [5.74, 6) is -1.29. The predicted octanol–water partition coefficient (Wildman–Crippen LogP) is 1.02. The molecule has 0 bridgehead atoms. The number of hydrogen-bond acceptors (Lipinski definition) is 3. The van der Waals surface area contributed by atoms with E-state index in [1.165, 1.54) is 0 Å². The van der Waals surface area contributed by atoms with Crippen LogP contribution in [0.5, 0.6) is 0 Å². The van der Waals surface area contributed by atoms with Crippen LogP contribution in [0.25, 0.3) is 0 Å². The first-order valence-electron chi connectivity index (χ1n) is 7.38. The first kappa shape index (κ1) is 14.1. The molecule has 112 valence electrons. The van der Waals surface area contributed by atoms with Gasteiger partial charge in [0, 0.05) is 18.6 Å². The fourth-order valence-electron chi connectivity index (χ4n) is 3.67. The summed E-state index contributed by atoms with van der Waals surface area (Å²) >= 11 is 0. The number of piperidine rings is 1. The molecule has 2 aliphatic heterocycles. The van der Waals surface area contributed by atoms with Gasteiger partial charge in [0.05, 0.1) is 0 Å². The molecule has 0 unspecified atom stereocenters. The first-order chi connectivity index (χ1) is 10.0. The fourth-order valence-corrected chi connectivity index (χ4v) is 3.67. The molecule has 0 spiro atoms. The third-order valence-corrected chi connectivity index (χ3v) is 4.82. The molecule has 1 aromatic carbocycles. The number of amides is 1. The average Bonchev–Trinajstić information content (AvgIpc) is 2.76. The zero-order valence-electron chi connectivity index (χ0n) is 11.9. The number of nitrogens with zero attached hydrogens (tertiary/aromatic N) is 1. The van der Waals surface area contributed by atoms with E-state index in [-0.39, 0.29) is 24.4 Å². The lowest BCUT2D eigenvalue weighted by Gasteiger charge is -2.34. The number of carboxylic acid groups (broad SMARTS) is 1. The van der Waals surface area contributed by atoms with E-state index in [4.69, 9.17) is 5.73 Å². The molecule has 3 N–H and O–H groups in total. The highest BCUT2D eigenvalue weighted by Gasteiger charge is 2.58. The van der Waals surface area contributed by atoms with Gasteiger partial charge in [-0.05, 0) is 31.2 Å². The Balaban J connectivity index is 1.95. The van der Waals surface area contributed by atoms with E-state index >= 15 is 0 Å². The molecule has 3 rings (SSSR count). The zero-order valence-corrected chi connectivity index (χ0v) is 11.9. The molecule has 2 heterocycles. The van der Waals surface area contributed by atoms with Crippen LogP contribution >= 0.6 is 0 Å². The predicted molar refractivity (Wildman–Crippen MR) is 77.5 cm³/mol. The Morgan fingerprint density at radius 2 is 2.10 bits per heavy atom. The minimum atomic E-state index is -1.35. The highest BCUT2D eigenvalue weighted by molar-refractivity contribution is 6.04. The van der Waals surface area contributed by atoms with Gasteiger partial charge < -0.3 is 15.7 Å². The maximum atomic E-state index is 12.7. The number of rotatable bonds is 3. The van der Waals surface area contributed by atoms with Crippen molar-refractivity contribution in [2.24, 2.45) is 11.1 Å². The van der Waals surface area contributed by atoms with Crippen molar-refractivity contribution in [2.45, 2.75) is 37.8 Å². The summed E-state index contributed by atoms with van der Waals surface area (Å²) in [5.41, 5.74) is 5.63. The lowest BCUT2D eigenvalue weighted by molar-refractivity contribution is -0.156. The van der Waals surface area contributed by atoms with Gasteiger partial charge in [-0.1, -0.05) is 30.3 Å². The Kier molecular flexibility index (Phi) is 3.45. The van der Waals surface area contributed by atoms with E-state index in [9.17, 15) is 14.7 Å². The number of benzene rings is 1. The molecule has 21 heavy (non-hydrogen) atoms. The van der Waals surface area contributed by atoms with E-state index in [1.807, 2.05) is 30.3 Å². The van der Waals surface area contributed by atoms with Gasteiger partial charge in [-0.25, -0.2) is 0 Å². The highest BCUT2D eigenvalue weighted by atomic mass is 16.4. The molecule has 0 aliphatic carbocycles. The van der Waals surface area contributed by atoms with Crippen LogP contribution in [0.15, 0.2) is 30.3 Å². The van der Waals surface area contributed by atoms with Crippen LogP contribution in [0.1, 0.15) is 24.8 Å². The van der Waals surface area contributed by atoms with E-state index < -0.39 is 11.4 Å². The van der Waals surface area contributed by atoms with Crippen LogP contribution in [-0.4, -0.2) is 40.5 Å². The molecule has 0 saturated carbocycles. The number of fused-ring (bicyclic) bond motifs is 1. The minimum absolute atomic E-state index is 0.111. The number of aliphatic carboxylic acids is 1. The summed E-state index contributed by atoms with van der Waals surface area (Å²) in [5, 5.41) is 9.74. The Labute approximate surface area is 123 Å². The number of carbonyl (C=O) groups excluding carboxylic acids is 1. The zero-order chi connectivity index (χ0) is 15.0. The van der Waals surface area contributed by atoms with Gasteiger partial charge in [0.2, 0.25) is 5.91 Å². The number of nitrogens with two attached hydrogens (primary N) is 1. The van der Waals surface area contributed by atoms with E-state index in [0.717, 1.165) is 18.4 Å². The standard InChI is InChI=1S/C16H20N2O3/c17-12-7-4-8-18-13(12)10-16(14(18)19,15(20)21)9-11-5-2-1-3-6-11/h1-3,5-6,12-13H,4,7-10,17H2,(H,20,21)/t12-,13+,16-/m1/s1. The summed E-state index contributed by atoms with van der Waals surface area (Å²) < 4.78 is 0. The fraction of sp³-hybridized carbons (Fsp3) is 0.500. The summed E-state index contributed by atoms with van der Waals surface area (Å²) in [4.78, 5) is 26.3. The van der Waals surface area contributed by atoms with Crippen LogP contribution in [0, 0.1) is 5.41 Å². The molecule has 1 amide bonds. The second-order valence-electron chi connectivity index (χ2n) is 6.13. The lowest BCUT2D eigenvalue weighted by Crippen LogP contribution is -2.50. The summed E-state index contributed by atoms with van der Waals surface area (Å²) in [6.07, 6.45) is 2.26. The van der Waals surface area contributed by atoms with Crippen molar-refractivity contribution in [2.75, 3.05) is 6.54 Å². The van der Waals surface area contributed by atoms with Gasteiger partial charge in [0.25, 0.3) is 0 Å².